The molecule has 0 radical (unpaired) electrons. The highest BCUT2D eigenvalue weighted by molar-refractivity contribution is 5.29. The van der Waals surface area contributed by atoms with Crippen molar-refractivity contribution in [2.75, 3.05) is 6.54 Å². The molecule has 19 heavy (non-hydrogen) atoms. The Bertz CT molecular complexity index is 551. The van der Waals surface area contributed by atoms with E-state index in [0.717, 1.165) is 24.2 Å². The number of halogens is 2. The van der Waals surface area contributed by atoms with E-state index in [1.165, 1.54) is 6.07 Å². The van der Waals surface area contributed by atoms with E-state index in [1.807, 2.05) is 6.92 Å². The van der Waals surface area contributed by atoms with Gasteiger partial charge in [0.05, 0.1) is 11.7 Å². The summed E-state index contributed by atoms with van der Waals surface area (Å²) < 4.78 is 29.0. The van der Waals surface area contributed by atoms with Gasteiger partial charge in [-0.05, 0) is 37.2 Å². The van der Waals surface area contributed by atoms with Crippen LogP contribution in [0.3, 0.4) is 0 Å². The van der Waals surface area contributed by atoms with Gasteiger partial charge < -0.3 is 5.32 Å². The average molecular weight is 265 g/mol. The van der Waals surface area contributed by atoms with Crippen LogP contribution in [-0.4, -0.2) is 16.3 Å². The molecule has 1 unspecified atom stereocenters. The van der Waals surface area contributed by atoms with E-state index >= 15 is 0 Å². The number of nitrogens with zero attached hydrogens (tertiary/aromatic N) is 2. The van der Waals surface area contributed by atoms with Gasteiger partial charge in [-0.3, -0.25) is 4.68 Å². The Labute approximate surface area is 111 Å². The molecule has 1 aromatic carbocycles. The molecule has 1 heterocycles. The first-order valence-corrected chi connectivity index (χ1v) is 6.29. The first-order valence-electron chi connectivity index (χ1n) is 6.29. The number of rotatable bonds is 5. The lowest BCUT2D eigenvalue weighted by Crippen LogP contribution is -2.26. The zero-order chi connectivity index (χ0) is 13.8. The summed E-state index contributed by atoms with van der Waals surface area (Å²) in [5, 5.41) is 7.31. The zero-order valence-corrected chi connectivity index (χ0v) is 11.0. The second-order valence-electron chi connectivity index (χ2n) is 4.43. The van der Waals surface area contributed by atoms with Crippen molar-refractivity contribution in [2.45, 2.75) is 19.4 Å². The molecule has 3 nitrogen and oxygen atoms in total. The summed E-state index contributed by atoms with van der Waals surface area (Å²) in [6, 6.07) is 4.91. The number of benzene rings is 1. The van der Waals surface area contributed by atoms with Crippen molar-refractivity contribution in [1.29, 1.82) is 0 Å². The second kappa shape index (κ2) is 5.93. The van der Waals surface area contributed by atoms with Gasteiger partial charge in [-0.1, -0.05) is 6.92 Å². The first-order chi connectivity index (χ1) is 9.13. The Balaban J connectivity index is 2.42. The van der Waals surface area contributed by atoms with Crippen molar-refractivity contribution in [1.82, 2.24) is 15.1 Å². The van der Waals surface area contributed by atoms with Crippen molar-refractivity contribution in [3.05, 3.63) is 53.4 Å². The van der Waals surface area contributed by atoms with Crippen molar-refractivity contribution in [3.8, 4) is 0 Å². The maximum Gasteiger partial charge on any atom is 0.128 e. The van der Waals surface area contributed by atoms with Gasteiger partial charge in [-0.15, -0.1) is 0 Å². The lowest BCUT2D eigenvalue weighted by molar-refractivity contribution is 0.512. The topological polar surface area (TPSA) is 29.9 Å². The van der Waals surface area contributed by atoms with Gasteiger partial charge in [0.15, 0.2) is 0 Å². The van der Waals surface area contributed by atoms with E-state index in [1.54, 1.807) is 24.0 Å². The van der Waals surface area contributed by atoms with Crippen LogP contribution in [0, 0.1) is 11.6 Å². The van der Waals surface area contributed by atoms with Crippen LogP contribution in [0.15, 0.2) is 30.5 Å². The number of nitrogens with one attached hydrogen (secondary N) is 1. The van der Waals surface area contributed by atoms with E-state index in [4.69, 9.17) is 0 Å². The van der Waals surface area contributed by atoms with E-state index in [0.29, 0.717) is 12.1 Å². The molecule has 2 rings (SSSR count). The third-order valence-corrected chi connectivity index (χ3v) is 3.02. The summed E-state index contributed by atoms with van der Waals surface area (Å²) in [5.74, 6) is -0.863. The number of aryl methyl sites for hydroxylation is 1. The highest BCUT2D eigenvalue weighted by Gasteiger charge is 2.20. The number of hydrogen-bond acceptors (Lipinski definition) is 2. The van der Waals surface area contributed by atoms with Crippen molar-refractivity contribution in [2.24, 2.45) is 7.05 Å². The third kappa shape index (κ3) is 2.98. The van der Waals surface area contributed by atoms with Crippen LogP contribution in [0.5, 0.6) is 0 Å². The zero-order valence-electron chi connectivity index (χ0n) is 11.0. The van der Waals surface area contributed by atoms with E-state index < -0.39 is 17.7 Å². The predicted octanol–water partition coefficient (Wildman–Crippen LogP) is 2.79. The van der Waals surface area contributed by atoms with Crippen LogP contribution in [0.2, 0.25) is 0 Å². The van der Waals surface area contributed by atoms with Crippen LogP contribution in [0.25, 0.3) is 0 Å². The van der Waals surface area contributed by atoms with Crippen LogP contribution in [0.1, 0.15) is 30.6 Å². The fourth-order valence-electron chi connectivity index (χ4n) is 2.07. The molecule has 102 valence electrons. The minimum absolute atomic E-state index is 0.303. The Morgan fingerprint density at radius 3 is 2.74 bits per heavy atom. The van der Waals surface area contributed by atoms with Crippen LogP contribution >= 0.6 is 0 Å². The van der Waals surface area contributed by atoms with Gasteiger partial charge in [0.2, 0.25) is 0 Å². The SMILES string of the molecule is CCCNC(c1cc(F)ccc1F)c1ccnn1C. The molecule has 0 fully saturated rings. The maximum absolute atomic E-state index is 13.9. The highest BCUT2D eigenvalue weighted by Crippen LogP contribution is 2.24. The summed E-state index contributed by atoms with van der Waals surface area (Å²) in [6.07, 6.45) is 2.55. The van der Waals surface area contributed by atoms with E-state index in [9.17, 15) is 8.78 Å². The van der Waals surface area contributed by atoms with Crippen LogP contribution in [0.4, 0.5) is 8.78 Å². The molecule has 0 saturated carbocycles. The molecule has 0 aliphatic heterocycles. The lowest BCUT2D eigenvalue weighted by atomic mass is 10.0. The summed E-state index contributed by atoms with van der Waals surface area (Å²) in [6.45, 7) is 2.74. The fourth-order valence-corrected chi connectivity index (χ4v) is 2.07. The lowest BCUT2D eigenvalue weighted by Gasteiger charge is -2.20. The summed E-state index contributed by atoms with van der Waals surface area (Å²) in [5.41, 5.74) is 1.11. The summed E-state index contributed by atoms with van der Waals surface area (Å²) in [7, 11) is 1.78. The minimum Gasteiger partial charge on any atom is -0.305 e. The standard InChI is InChI=1S/C14H17F2N3/c1-3-7-17-14(13-6-8-18-19(13)2)11-9-10(15)4-5-12(11)16/h4-6,8-9,14,17H,3,7H2,1-2H3. The Morgan fingerprint density at radius 1 is 1.32 bits per heavy atom. The number of hydrogen-bond donors (Lipinski definition) is 1. The Kier molecular flexibility index (Phi) is 4.27. The molecular weight excluding hydrogens is 248 g/mol. The molecule has 1 atom stereocenters. The average Bonchev–Trinajstić information content (AvgIpc) is 2.80. The molecule has 0 aliphatic carbocycles. The monoisotopic (exact) mass is 265 g/mol. The third-order valence-electron chi connectivity index (χ3n) is 3.02. The molecule has 0 amide bonds. The molecular formula is C14H17F2N3. The molecule has 2 aromatic rings. The maximum atomic E-state index is 13.9. The van der Waals surface area contributed by atoms with Gasteiger partial charge in [-0.2, -0.15) is 5.10 Å². The fraction of sp³-hybridized carbons (Fsp3) is 0.357. The minimum atomic E-state index is -0.443. The van der Waals surface area contributed by atoms with Gasteiger partial charge >= 0.3 is 0 Å². The quantitative estimate of drug-likeness (QED) is 0.901. The Morgan fingerprint density at radius 2 is 2.11 bits per heavy atom. The van der Waals surface area contributed by atoms with Crippen molar-refractivity contribution < 1.29 is 8.78 Å². The van der Waals surface area contributed by atoms with Gasteiger partial charge in [0.25, 0.3) is 0 Å². The molecule has 0 aliphatic rings. The van der Waals surface area contributed by atoms with Crippen molar-refractivity contribution >= 4 is 0 Å². The molecule has 1 aromatic heterocycles. The molecule has 0 saturated heterocycles. The van der Waals surface area contributed by atoms with Crippen LogP contribution in [-0.2, 0) is 7.05 Å². The molecule has 1 N–H and O–H groups in total. The number of aromatic nitrogens is 2. The largest absolute Gasteiger partial charge is 0.305 e. The van der Waals surface area contributed by atoms with Gasteiger partial charge in [0.1, 0.15) is 11.6 Å². The smallest absolute Gasteiger partial charge is 0.128 e. The van der Waals surface area contributed by atoms with E-state index in [2.05, 4.69) is 10.4 Å². The molecule has 5 heteroatoms. The van der Waals surface area contributed by atoms with Crippen molar-refractivity contribution in [3.63, 3.8) is 0 Å². The Hall–Kier alpha value is -1.75. The first kappa shape index (κ1) is 13.7. The van der Waals surface area contributed by atoms with E-state index in [-0.39, 0.29) is 0 Å². The second-order valence-corrected chi connectivity index (χ2v) is 4.43. The van der Waals surface area contributed by atoms with Crippen LogP contribution < -0.4 is 5.32 Å². The summed E-state index contributed by atoms with van der Waals surface area (Å²) >= 11 is 0. The summed E-state index contributed by atoms with van der Waals surface area (Å²) in [4.78, 5) is 0. The predicted molar refractivity (Wildman–Crippen MR) is 69.7 cm³/mol. The molecule has 0 spiro atoms. The van der Waals surface area contributed by atoms with Gasteiger partial charge in [0, 0.05) is 18.8 Å². The normalized spacial score (nSPS) is 12.6. The highest BCUT2D eigenvalue weighted by atomic mass is 19.1. The molecule has 0 bridgehead atoms. The van der Waals surface area contributed by atoms with Gasteiger partial charge in [-0.25, -0.2) is 8.78 Å².